The van der Waals surface area contributed by atoms with Crippen LogP contribution in [0, 0.1) is 5.82 Å². The topological polar surface area (TPSA) is 47.9 Å². The van der Waals surface area contributed by atoms with Gasteiger partial charge in [0.1, 0.15) is 18.2 Å². The van der Waals surface area contributed by atoms with Crippen LogP contribution >= 0.6 is 0 Å². The van der Waals surface area contributed by atoms with Crippen LogP contribution in [0.3, 0.4) is 0 Å². The third-order valence-electron chi connectivity index (χ3n) is 3.39. The fourth-order valence-corrected chi connectivity index (χ4v) is 2.09. The van der Waals surface area contributed by atoms with Gasteiger partial charge in [0.15, 0.2) is 0 Å². The maximum Gasteiger partial charge on any atom is 0.367 e. The third-order valence-corrected chi connectivity index (χ3v) is 3.39. The van der Waals surface area contributed by atoms with Gasteiger partial charge >= 0.3 is 5.97 Å². The Kier molecular flexibility index (Phi) is 4.19. The minimum absolute atomic E-state index is 0.268. The highest BCUT2D eigenvalue weighted by atomic mass is 19.1. The van der Waals surface area contributed by atoms with Crippen LogP contribution in [0.1, 0.15) is 18.1 Å². The molecule has 116 valence electrons. The monoisotopic (exact) mass is 311 g/mol. The van der Waals surface area contributed by atoms with Crippen molar-refractivity contribution in [2.24, 2.45) is 5.16 Å². The molecule has 23 heavy (non-hydrogen) atoms. The summed E-state index contributed by atoms with van der Waals surface area (Å²) in [6.07, 6.45) is 1.72. The van der Waals surface area contributed by atoms with Crippen molar-refractivity contribution < 1.29 is 18.8 Å². The average molecular weight is 311 g/mol. The fraction of sp³-hybridized carbons (Fsp3) is 0.111. The summed E-state index contributed by atoms with van der Waals surface area (Å²) in [5.41, 5.74) is 2.75. The second-order valence-electron chi connectivity index (χ2n) is 5.10. The molecule has 0 aliphatic carbocycles. The fourth-order valence-electron chi connectivity index (χ4n) is 2.09. The van der Waals surface area contributed by atoms with Crippen molar-refractivity contribution in [3.05, 3.63) is 71.0 Å². The Morgan fingerprint density at radius 3 is 2.43 bits per heavy atom. The quantitative estimate of drug-likeness (QED) is 0.638. The molecule has 0 atom stereocenters. The first kappa shape index (κ1) is 15.0. The van der Waals surface area contributed by atoms with Crippen LogP contribution in [0.4, 0.5) is 4.39 Å². The molecule has 2 aromatic carbocycles. The summed E-state index contributed by atoms with van der Waals surface area (Å²) in [6.45, 7) is 2.08. The molecule has 0 unspecified atom stereocenters. The Morgan fingerprint density at radius 2 is 1.83 bits per heavy atom. The zero-order chi connectivity index (χ0) is 16.2. The second kappa shape index (κ2) is 6.44. The average Bonchev–Trinajstić information content (AvgIpc) is 2.88. The first-order valence-electron chi connectivity index (χ1n) is 7.07. The van der Waals surface area contributed by atoms with E-state index in [1.54, 1.807) is 25.1 Å². The summed E-state index contributed by atoms with van der Waals surface area (Å²) >= 11 is 0. The zero-order valence-corrected chi connectivity index (χ0v) is 12.5. The summed E-state index contributed by atoms with van der Waals surface area (Å²) < 4.78 is 18.5. The molecule has 1 heterocycles. The largest absolute Gasteiger partial charge is 0.489 e. The van der Waals surface area contributed by atoms with Crippen molar-refractivity contribution >= 4 is 17.8 Å². The van der Waals surface area contributed by atoms with Crippen LogP contribution in [0.2, 0.25) is 0 Å². The first-order chi connectivity index (χ1) is 11.1. The molecule has 4 nitrogen and oxygen atoms in total. The number of carbonyl (C=O) groups excluding carboxylic acids is 1. The molecule has 0 fully saturated rings. The lowest BCUT2D eigenvalue weighted by Crippen LogP contribution is -2.01. The van der Waals surface area contributed by atoms with E-state index in [1.165, 1.54) is 12.1 Å². The van der Waals surface area contributed by atoms with Gasteiger partial charge in [-0.3, -0.25) is 0 Å². The van der Waals surface area contributed by atoms with Crippen molar-refractivity contribution in [1.82, 2.24) is 0 Å². The molecule has 1 aliphatic rings. The van der Waals surface area contributed by atoms with Crippen molar-refractivity contribution in [1.29, 1.82) is 0 Å². The van der Waals surface area contributed by atoms with E-state index < -0.39 is 5.97 Å². The summed E-state index contributed by atoms with van der Waals surface area (Å²) in [4.78, 5) is 16.1. The molecule has 0 N–H and O–H groups in total. The summed E-state index contributed by atoms with van der Waals surface area (Å²) in [7, 11) is 0. The van der Waals surface area contributed by atoms with Crippen molar-refractivity contribution in [3.8, 4) is 5.75 Å². The molecule has 0 saturated heterocycles. The van der Waals surface area contributed by atoms with E-state index in [2.05, 4.69) is 9.99 Å². The molecule has 0 amide bonds. The maximum atomic E-state index is 12.8. The number of hydrogen-bond acceptors (Lipinski definition) is 4. The van der Waals surface area contributed by atoms with Gasteiger partial charge < -0.3 is 9.57 Å². The van der Waals surface area contributed by atoms with E-state index in [0.717, 1.165) is 11.1 Å². The van der Waals surface area contributed by atoms with Gasteiger partial charge in [0, 0.05) is 0 Å². The van der Waals surface area contributed by atoms with Gasteiger partial charge in [-0.15, -0.1) is 0 Å². The smallest absolute Gasteiger partial charge is 0.367 e. The highest BCUT2D eigenvalue weighted by molar-refractivity contribution is 6.24. The molecule has 0 saturated carbocycles. The van der Waals surface area contributed by atoms with Crippen LogP contribution in [0.15, 0.2) is 59.3 Å². The van der Waals surface area contributed by atoms with Gasteiger partial charge in [0.25, 0.3) is 0 Å². The number of nitrogens with zero attached hydrogens (tertiary/aromatic N) is 1. The SMILES string of the molecule is CC1=NOC(=O)C1=Cc1ccc(OCc2ccc(F)cc2)cc1. The highest BCUT2D eigenvalue weighted by Gasteiger charge is 2.21. The summed E-state index contributed by atoms with van der Waals surface area (Å²) in [6, 6.07) is 13.5. The Balaban J connectivity index is 1.65. The van der Waals surface area contributed by atoms with Crippen molar-refractivity contribution in [2.75, 3.05) is 0 Å². The molecular weight excluding hydrogens is 297 g/mol. The van der Waals surface area contributed by atoms with Crippen LogP contribution in [-0.4, -0.2) is 11.7 Å². The first-order valence-corrected chi connectivity index (χ1v) is 7.07. The standard InChI is InChI=1S/C18H14FNO3/c1-12-17(18(21)23-20-12)10-13-4-8-16(9-5-13)22-11-14-2-6-15(19)7-3-14/h2-10H,11H2,1H3. The Hall–Kier alpha value is -2.95. The van der Waals surface area contributed by atoms with E-state index in [-0.39, 0.29) is 5.82 Å². The lowest BCUT2D eigenvalue weighted by atomic mass is 10.1. The van der Waals surface area contributed by atoms with Crippen LogP contribution in [0.25, 0.3) is 6.08 Å². The predicted octanol–water partition coefficient (Wildman–Crippen LogP) is 3.72. The molecule has 0 bridgehead atoms. The lowest BCUT2D eigenvalue weighted by Gasteiger charge is -2.06. The van der Waals surface area contributed by atoms with E-state index in [4.69, 9.17) is 4.74 Å². The van der Waals surface area contributed by atoms with Crippen LogP contribution in [-0.2, 0) is 16.2 Å². The number of benzene rings is 2. The molecular formula is C18H14FNO3. The molecule has 2 aromatic rings. The minimum Gasteiger partial charge on any atom is -0.489 e. The Bertz CT molecular complexity index is 777. The van der Waals surface area contributed by atoms with Crippen molar-refractivity contribution in [3.63, 3.8) is 0 Å². The Labute approximate surface area is 132 Å². The molecule has 0 aromatic heterocycles. The lowest BCUT2D eigenvalue weighted by molar-refractivity contribution is -0.136. The Morgan fingerprint density at radius 1 is 1.13 bits per heavy atom. The number of oxime groups is 1. The molecule has 1 aliphatic heterocycles. The molecule has 5 heteroatoms. The third kappa shape index (κ3) is 3.63. The predicted molar refractivity (Wildman–Crippen MR) is 84.4 cm³/mol. The second-order valence-corrected chi connectivity index (χ2v) is 5.10. The zero-order valence-electron chi connectivity index (χ0n) is 12.5. The van der Waals surface area contributed by atoms with Crippen LogP contribution < -0.4 is 4.74 Å². The van der Waals surface area contributed by atoms with Gasteiger partial charge in [0.05, 0.1) is 11.3 Å². The van der Waals surface area contributed by atoms with E-state index in [0.29, 0.717) is 23.6 Å². The minimum atomic E-state index is -0.445. The maximum absolute atomic E-state index is 12.8. The number of ether oxygens (including phenoxy) is 1. The van der Waals surface area contributed by atoms with Crippen molar-refractivity contribution in [2.45, 2.75) is 13.5 Å². The van der Waals surface area contributed by atoms with E-state index >= 15 is 0 Å². The molecule has 0 radical (unpaired) electrons. The van der Waals surface area contributed by atoms with Gasteiger partial charge in [-0.05, 0) is 48.4 Å². The number of rotatable bonds is 4. The summed E-state index contributed by atoms with van der Waals surface area (Å²) in [5.74, 6) is -0.0228. The number of halogens is 1. The van der Waals surface area contributed by atoms with E-state index in [1.807, 2.05) is 24.3 Å². The van der Waals surface area contributed by atoms with Gasteiger partial charge in [-0.2, -0.15) is 0 Å². The number of carbonyl (C=O) groups is 1. The van der Waals surface area contributed by atoms with Crippen LogP contribution in [0.5, 0.6) is 5.75 Å². The molecule has 0 spiro atoms. The normalized spacial score (nSPS) is 15.5. The highest BCUT2D eigenvalue weighted by Crippen LogP contribution is 2.19. The van der Waals surface area contributed by atoms with Gasteiger partial charge in [0.2, 0.25) is 0 Å². The van der Waals surface area contributed by atoms with Gasteiger partial charge in [-0.1, -0.05) is 29.4 Å². The van der Waals surface area contributed by atoms with Gasteiger partial charge in [-0.25, -0.2) is 9.18 Å². The molecule has 3 rings (SSSR count). The number of hydrogen-bond donors (Lipinski definition) is 0. The summed E-state index contributed by atoms with van der Waals surface area (Å²) in [5, 5.41) is 3.63. The van der Waals surface area contributed by atoms with E-state index in [9.17, 15) is 9.18 Å².